The van der Waals surface area contributed by atoms with Crippen LogP contribution in [0.25, 0.3) is 0 Å². The minimum absolute atomic E-state index is 0.263. The molecule has 8 nitrogen and oxygen atoms in total. The zero-order valence-electron chi connectivity index (χ0n) is 17.2. The fraction of sp³-hybridized carbons (Fsp3) is 0.318. The zero-order chi connectivity index (χ0) is 20.9. The van der Waals surface area contributed by atoms with Crippen LogP contribution in [0.1, 0.15) is 35.8 Å². The molecule has 4 rings (SSSR count). The molecule has 4 heterocycles. The number of hydrogen-bond donors (Lipinski definition) is 1. The summed E-state index contributed by atoms with van der Waals surface area (Å²) >= 11 is 0. The predicted octanol–water partition coefficient (Wildman–Crippen LogP) is 3.28. The number of rotatable bonds is 6. The molecule has 0 spiro atoms. The van der Waals surface area contributed by atoms with Crippen LogP contribution in [0.4, 0.5) is 17.5 Å². The lowest BCUT2D eigenvalue weighted by atomic mass is 10.1. The molecule has 3 aromatic heterocycles. The molecule has 30 heavy (non-hydrogen) atoms. The summed E-state index contributed by atoms with van der Waals surface area (Å²) in [4.78, 5) is 22.1. The predicted molar refractivity (Wildman–Crippen MR) is 115 cm³/mol. The van der Waals surface area contributed by atoms with E-state index >= 15 is 0 Å². The van der Waals surface area contributed by atoms with Gasteiger partial charge in [0.2, 0.25) is 5.95 Å². The highest BCUT2D eigenvalue weighted by atomic mass is 15.2. The second-order valence-electron chi connectivity index (χ2n) is 7.53. The third-order valence-electron chi connectivity index (χ3n) is 5.10. The van der Waals surface area contributed by atoms with E-state index < -0.39 is 0 Å². The van der Waals surface area contributed by atoms with Crippen LogP contribution in [0.5, 0.6) is 0 Å². The summed E-state index contributed by atoms with van der Waals surface area (Å²) in [7, 11) is 3.87. The topological polar surface area (TPSA) is 93.9 Å². The molecular formula is C22H24N8. The molecule has 3 aromatic rings. The number of nitriles is 1. The Labute approximate surface area is 176 Å². The van der Waals surface area contributed by atoms with Crippen LogP contribution < -0.4 is 10.2 Å². The number of aromatic nitrogens is 4. The average Bonchev–Trinajstić information content (AvgIpc) is 3.23. The van der Waals surface area contributed by atoms with Crippen LogP contribution in [-0.4, -0.2) is 45.5 Å². The molecule has 0 radical (unpaired) electrons. The van der Waals surface area contributed by atoms with E-state index in [1.807, 2.05) is 55.7 Å². The Morgan fingerprint density at radius 1 is 1.13 bits per heavy atom. The Morgan fingerprint density at radius 2 is 1.97 bits per heavy atom. The van der Waals surface area contributed by atoms with Crippen LogP contribution >= 0.6 is 0 Å². The number of hydrogen-bond acceptors (Lipinski definition) is 8. The summed E-state index contributed by atoms with van der Waals surface area (Å²) in [6.07, 6.45) is 7.67. The van der Waals surface area contributed by atoms with Gasteiger partial charge in [0, 0.05) is 38.6 Å². The van der Waals surface area contributed by atoms with E-state index in [0.717, 1.165) is 54.6 Å². The molecule has 1 aliphatic rings. The molecule has 1 atom stereocenters. The third kappa shape index (κ3) is 4.53. The first-order valence-electron chi connectivity index (χ1n) is 9.95. The van der Waals surface area contributed by atoms with Crippen molar-refractivity contribution in [1.82, 2.24) is 24.8 Å². The molecule has 0 amide bonds. The van der Waals surface area contributed by atoms with E-state index in [-0.39, 0.29) is 6.04 Å². The van der Waals surface area contributed by atoms with Gasteiger partial charge in [0.25, 0.3) is 0 Å². The molecule has 8 heteroatoms. The van der Waals surface area contributed by atoms with Crippen LogP contribution in [0.2, 0.25) is 0 Å². The Morgan fingerprint density at radius 3 is 2.67 bits per heavy atom. The van der Waals surface area contributed by atoms with Crippen molar-refractivity contribution in [2.45, 2.75) is 25.4 Å². The van der Waals surface area contributed by atoms with Gasteiger partial charge in [-0.15, -0.1) is 0 Å². The first kappa shape index (κ1) is 19.7. The minimum atomic E-state index is 0.263. The van der Waals surface area contributed by atoms with Crippen molar-refractivity contribution < 1.29 is 0 Å². The van der Waals surface area contributed by atoms with E-state index in [4.69, 9.17) is 10.2 Å². The molecule has 152 valence electrons. The molecule has 0 unspecified atom stereocenters. The smallest absolute Gasteiger partial charge is 0.224 e. The van der Waals surface area contributed by atoms with Crippen molar-refractivity contribution in [3.8, 4) is 6.07 Å². The van der Waals surface area contributed by atoms with Gasteiger partial charge in [-0.1, -0.05) is 6.07 Å². The molecule has 1 saturated heterocycles. The normalized spacial score (nSPS) is 16.2. The Kier molecular flexibility index (Phi) is 5.82. The van der Waals surface area contributed by atoms with E-state index in [9.17, 15) is 0 Å². The number of nitrogens with zero attached hydrogens (tertiary/aromatic N) is 7. The number of pyridine rings is 2. The van der Waals surface area contributed by atoms with Gasteiger partial charge in [-0.2, -0.15) is 5.26 Å². The molecule has 1 N–H and O–H groups in total. The van der Waals surface area contributed by atoms with Gasteiger partial charge in [0.1, 0.15) is 17.6 Å². The van der Waals surface area contributed by atoms with Crippen molar-refractivity contribution in [2.75, 3.05) is 30.9 Å². The van der Waals surface area contributed by atoms with Gasteiger partial charge in [-0.3, -0.25) is 4.90 Å². The molecule has 1 aliphatic heterocycles. The largest absolute Gasteiger partial charge is 0.347 e. The van der Waals surface area contributed by atoms with Crippen molar-refractivity contribution in [3.05, 3.63) is 65.9 Å². The van der Waals surface area contributed by atoms with Crippen molar-refractivity contribution in [2.24, 2.45) is 0 Å². The number of nitrogens with one attached hydrogen (secondary N) is 1. The lowest BCUT2D eigenvalue weighted by molar-refractivity contribution is 0.244. The summed E-state index contributed by atoms with van der Waals surface area (Å²) in [5.74, 6) is 1.49. The molecule has 1 fully saturated rings. The van der Waals surface area contributed by atoms with Crippen LogP contribution in [0.15, 0.2) is 48.9 Å². The molecular weight excluding hydrogens is 376 g/mol. The lowest BCUT2D eigenvalue weighted by Gasteiger charge is -2.24. The van der Waals surface area contributed by atoms with Gasteiger partial charge < -0.3 is 10.2 Å². The lowest BCUT2D eigenvalue weighted by Crippen LogP contribution is -2.24. The number of anilines is 3. The highest BCUT2D eigenvalue weighted by Gasteiger charge is 2.27. The van der Waals surface area contributed by atoms with E-state index in [1.165, 1.54) is 0 Å². The molecule has 0 saturated carbocycles. The van der Waals surface area contributed by atoms with Gasteiger partial charge in [-0.05, 0) is 43.7 Å². The maximum atomic E-state index is 8.88. The Balaban J connectivity index is 1.47. The van der Waals surface area contributed by atoms with Crippen LogP contribution in [-0.2, 0) is 6.54 Å². The molecule has 0 aromatic carbocycles. The first-order chi connectivity index (χ1) is 14.6. The van der Waals surface area contributed by atoms with Crippen LogP contribution in [0, 0.1) is 11.3 Å². The van der Waals surface area contributed by atoms with E-state index in [0.29, 0.717) is 5.69 Å². The highest BCUT2D eigenvalue weighted by molar-refractivity contribution is 5.55. The standard InChI is InChI=1S/C22H24N8/c1-29(2)22-25-12-16(13-26-22)15-30-10-4-6-20(30)19-5-3-7-21(28-19)27-18-9-8-17(11-23)24-14-18/h3,5,7-9,12-14,20H,4,6,10,15H2,1-2H3,(H,27,28)/t20-/m1/s1. The SMILES string of the molecule is CN(C)c1ncc(CN2CCC[C@@H]2c2cccc(Nc3ccc(C#N)nc3)n2)cn1. The summed E-state index contributed by atoms with van der Waals surface area (Å²) < 4.78 is 0. The molecule has 0 bridgehead atoms. The average molecular weight is 400 g/mol. The summed E-state index contributed by atoms with van der Waals surface area (Å²) in [5, 5.41) is 12.2. The van der Waals surface area contributed by atoms with Gasteiger partial charge in [0.15, 0.2) is 0 Å². The summed E-state index contributed by atoms with van der Waals surface area (Å²) in [6.45, 7) is 1.83. The maximum Gasteiger partial charge on any atom is 0.224 e. The van der Waals surface area contributed by atoms with E-state index in [1.54, 1.807) is 12.3 Å². The second kappa shape index (κ2) is 8.84. The Hall–Kier alpha value is -3.57. The van der Waals surface area contributed by atoms with Gasteiger partial charge in [0.05, 0.1) is 23.6 Å². The van der Waals surface area contributed by atoms with Crippen molar-refractivity contribution >= 4 is 17.5 Å². The van der Waals surface area contributed by atoms with Crippen molar-refractivity contribution in [1.29, 1.82) is 5.26 Å². The first-order valence-corrected chi connectivity index (χ1v) is 9.95. The minimum Gasteiger partial charge on any atom is -0.347 e. The maximum absolute atomic E-state index is 8.88. The van der Waals surface area contributed by atoms with Crippen molar-refractivity contribution in [3.63, 3.8) is 0 Å². The molecule has 0 aliphatic carbocycles. The third-order valence-corrected chi connectivity index (χ3v) is 5.10. The summed E-state index contributed by atoms with van der Waals surface area (Å²) in [6, 6.07) is 11.9. The van der Waals surface area contributed by atoms with Gasteiger partial charge >= 0.3 is 0 Å². The van der Waals surface area contributed by atoms with Crippen LogP contribution in [0.3, 0.4) is 0 Å². The van der Waals surface area contributed by atoms with E-state index in [2.05, 4.69) is 31.2 Å². The number of likely N-dealkylation sites (tertiary alicyclic amines) is 1. The monoisotopic (exact) mass is 400 g/mol. The summed E-state index contributed by atoms with van der Waals surface area (Å²) in [5.41, 5.74) is 3.35. The zero-order valence-corrected chi connectivity index (χ0v) is 17.2. The fourth-order valence-electron chi connectivity index (χ4n) is 3.63. The second-order valence-corrected chi connectivity index (χ2v) is 7.53. The quantitative estimate of drug-likeness (QED) is 0.674. The highest BCUT2D eigenvalue weighted by Crippen LogP contribution is 2.32. The fourth-order valence-corrected chi connectivity index (χ4v) is 3.63. The van der Waals surface area contributed by atoms with Gasteiger partial charge in [-0.25, -0.2) is 19.9 Å². The Bertz CT molecular complexity index is 1020.